The largest absolute Gasteiger partial charge is 0.476 e. The van der Waals surface area contributed by atoms with Gasteiger partial charge in [-0.3, -0.25) is 9.59 Å². The van der Waals surface area contributed by atoms with Crippen LogP contribution in [0.25, 0.3) is 22.9 Å². The molecule has 12 heteroatoms. The number of carbonyl (C=O) groups excluding carboxylic acids is 2. The van der Waals surface area contributed by atoms with E-state index in [0.29, 0.717) is 5.56 Å². The number of ketones is 1. The summed E-state index contributed by atoms with van der Waals surface area (Å²) < 4.78 is 10.7. The normalized spacial score (nSPS) is 10.9. The van der Waals surface area contributed by atoms with Gasteiger partial charge in [-0.25, -0.2) is 4.79 Å². The number of carboxylic acids is 1. The Hall–Kier alpha value is -4.61. The van der Waals surface area contributed by atoms with Gasteiger partial charge in [-0.15, -0.1) is 10.2 Å². The Morgan fingerprint density at radius 2 is 1.87 bits per heavy atom. The number of aromatic nitrogens is 5. The molecule has 4 aromatic rings. The molecule has 3 N–H and O–H groups in total. The lowest BCUT2D eigenvalue weighted by Crippen LogP contribution is -2.13. The average molecular weight is 422 g/mol. The molecule has 0 aliphatic carbocycles. The summed E-state index contributed by atoms with van der Waals surface area (Å²) >= 11 is 0. The van der Waals surface area contributed by atoms with Crippen molar-refractivity contribution in [2.24, 2.45) is 5.73 Å². The summed E-state index contributed by atoms with van der Waals surface area (Å²) in [6.45, 7) is 1.27. The molecule has 0 fully saturated rings. The molecule has 0 aliphatic heterocycles. The van der Waals surface area contributed by atoms with Crippen LogP contribution < -0.4 is 5.73 Å². The van der Waals surface area contributed by atoms with E-state index < -0.39 is 11.9 Å². The Labute approximate surface area is 173 Å². The predicted molar refractivity (Wildman–Crippen MR) is 102 cm³/mol. The first-order valence-electron chi connectivity index (χ1n) is 8.85. The molecule has 0 spiro atoms. The van der Waals surface area contributed by atoms with E-state index in [2.05, 4.69) is 20.3 Å². The van der Waals surface area contributed by atoms with Gasteiger partial charge >= 0.3 is 5.97 Å². The molecular weight excluding hydrogens is 408 g/mol. The minimum atomic E-state index is -1.32. The molecule has 0 unspecified atom stereocenters. The molecule has 3 aromatic heterocycles. The van der Waals surface area contributed by atoms with Crippen LogP contribution >= 0.6 is 0 Å². The Bertz CT molecular complexity index is 1300. The van der Waals surface area contributed by atoms with Crippen LogP contribution in [0.2, 0.25) is 0 Å². The van der Waals surface area contributed by atoms with Crippen LogP contribution in [0, 0.1) is 0 Å². The second kappa shape index (κ2) is 7.67. The maximum absolute atomic E-state index is 11.9. The highest BCUT2D eigenvalue weighted by molar-refractivity contribution is 5.97. The third kappa shape index (κ3) is 3.81. The zero-order valence-corrected chi connectivity index (χ0v) is 16.0. The fourth-order valence-corrected chi connectivity index (χ4v) is 2.77. The lowest BCUT2D eigenvalue weighted by atomic mass is 10.1. The van der Waals surface area contributed by atoms with E-state index in [9.17, 15) is 19.5 Å². The molecule has 0 atom stereocenters. The summed E-state index contributed by atoms with van der Waals surface area (Å²) in [5.41, 5.74) is 5.24. The van der Waals surface area contributed by atoms with Crippen molar-refractivity contribution in [3.63, 3.8) is 0 Å². The first kappa shape index (κ1) is 19.7. The second-order valence-electron chi connectivity index (χ2n) is 6.39. The molecule has 1 aromatic carbocycles. The number of carbonyl (C=O) groups is 3. The number of rotatable bonds is 7. The van der Waals surface area contributed by atoms with Crippen molar-refractivity contribution in [2.45, 2.75) is 13.5 Å². The highest BCUT2D eigenvalue weighted by atomic mass is 16.5. The summed E-state index contributed by atoms with van der Waals surface area (Å²) in [4.78, 5) is 40.0. The lowest BCUT2D eigenvalue weighted by molar-refractivity contribution is 0.0691. The molecular formula is C19H14N6O6. The molecule has 12 nitrogen and oxygen atoms in total. The molecule has 0 aliphatic rings. The van der Waals surface area contributed by atoms with Gasteiger partial charge in [0.05, 0.1) is 0 Å². The molecule has 3 heterocycles. The van der Waals surface area contributed by atoms with Crippen molar-refractivity contribution in [2.75, 3.05) is 0 Å². The third-order valence-electron chi connectivity index (χ3n) is 4.17. The van der Waals surface area contributed by atoms with E-state index in [1.165, 1.54) is 13.0 Å². The molecule has 156 valence electrons. The van der Waals surface area contributed by atoms with Crippen LogP contribution in [0.1, 0.15) is 44.1 Å². The third-order valence-corrected chi connectivity index (χ3v) is 4.17. The van der Waals surface area contributed by atoms with E-state index in [1.54, 1.807) is 30.3 Å². The number of Topliss-reactive ketones (excluding diaryl/α,β-unsaturated/α-hetero) is 1. The minimum absolute atomic E-state index is 0.00518. The lowest BCUT2D eigenvalue weighted by Gasteiger charge is -1.96. The van der Waals surface area contributed by atoms with Crippen molar-refractivity contribution in [3.05, 3.63) is 59.2 Å². The summed E-state index contributed by atoms with van der Waals surface area (Å²) in [6, 6.07) is 9.90. The molecule has 4 rings (SSSR count). The van der Waals surface area contributed by atoms with Crippen LogP contribution in [-0.4, -0.2) is 47.9 Å². The number of oxazole rings is 1. The number of carboxylic acid groups (broad SMARTS) is 1. The van der Waals surface area contributed by atoms with E-state index in [-0.39, 0.29) is 52.5 Å². The van der Waals surface area contributed by atoms with Crippen molar-refractivity contribution < 1.29 is 28.4 Å². The van der Waals surface area contributed by atoms with Crippen molar-refractivity contribution in [1.29, 1.82) is 0 Å². The minimum Gasteiger partial charge on any atom is -0.476 e. The predicted octanol–water partition coefficient (Wildman–Crippen LogP) is 1.64. The molecule has 31 heavy (non-hydrogen) atoms. The number of primary amides is 1. The first-order valence-corrected chi connectivity index (χ1v) is 8.85. The van der Waals surface area contributed by atoms with Gasteiger partial charge in [0.2, 0.25) is 0 Å². The van der Waals surface area contributed by atoms with Crippen molar-refractivity contribution >= 4 is 17.7 Å². The topological polar surface area (TPSA) is 180 Å². The number of nitrogens with zero attached hydrogens (tertiary/aromatic N) is 5. The highest BCUT2D eigenvalue weighted by Crippen LogP contribution is 2.30. The summed E-state index contributed by atoms with van der Waals surface area (Å²) in [7, 11) is 0. The van der Waals surface area contributed by atoms with E-state index in [0.717, 1.165) is 4.80 Å². The van der Waals surface area contributed by atoms with Crippen LogP contribution in [0.3, 0.4) is 0 Å². The van der Waals surface area contributed by atoms with E-state index in [4.69, 9.17) is 14.7 Å². The molecule has 0 saturated carbocycles. The quantitative estimate of drug-likeness (QED) is 0.415. The number of hydrogen-bond donors (Lipinski definition) is 2. The highest BCUT2D eigenvalue weighted by Gasteiger charge is 2.27. The fraction of sp³-hybridized carbons (Fsp3) is 0.105. The summed E-state index contributed by atoms with van der Waals surface area (Å²) in [5, 5.41) is 21.3. The van der Waals surface area contributed by atoms with Crippen LogP contribution in [-0.2, 0) is 6.54 Å². The van der Waals surface area contributed by atoms with Gasteiger partial charge in [-0.2, -0.15) is 9.78 Å². The smallest absolute Gasteiger partial charge is 0.358 e. The molecule has 0 bridgehead atoms. The molecule has 0 radical (unpaired) electrons. The number of nitrogens with two attached hydrogens (primary N) is 1. The monoisotopic (exact) mass is 422 g/mol. The van der Waals surface area contributed by atoms with Gasteiger partial charge in [0.25, 0.3) is 11.8 Å². The van der Waals surface area contributed by atoms with Crippen LogP contribution in [0.5, 0.6) is 0 Å². The van der Waals surface area contributed by atoms with Crippen LogP contribution in [0.15, 0.2) is 45.3 Å². The number of aromatic carboxylic acids is 1. The zero-order valence-electron chi connectivity index (χ0n) is 16.0. The van der Waals surface area contributed by atoms with E-state index in [1.807, 2.05) is 0 Å². The summed E-state index contributed by atoms with van der Waals surface area (Å²) in [6.07, 6.45) is 0. The maximum atomic E-state index is 11.9. The van der Waals surface area contributed by atoms with Gasteiger partial charge in [0, 0.05) is 18.6 Å². The van der Waals surface area contributed by atoms with Crippen molar-refractivity contribution in [3.8, 4) is 22.9 Å². The number of benzene rings is 1. The maximum Gasteiger partial charge on any atom is 0.358 e. The zero-order chi connectivity index (χ0) is 22.1. The number of hydrogen-bond acceptors (Lipinski definition) is 9. The van der Waals surface area contributed by atoms with Crippen molar-refractivity contribution in [1.82, 2.24) is 25.1 Å². The van der Waals surface area contributed by atoms with Gasteiger partial charge in [-0.05, 0) is 0 Å². The Balaban J connectivity index is 1.76. The Morgan fingerprint density at radius 3 is 2.48 bits per heavy atom. The van der Waals surface area contributed by atoms with Gasteiger partial charge in [-0.1, -0.05) is 35.5 Å². The average Bonchev–Trinajstić information content (AvgIpc) is 3.46. The van der Waals surface area contributed by atoms with E-state index >= 15 is 0 Å². The molecule has 0 saturated heterocycles. The van der Waals surface area contributed by atoms with Gasteiger partial charge < -0.3 is 19.8 Å². The fourth-order valence-electron chi connectivity index (χ4n) is 2.77. The van der Waals surface area contributed by atoms with Gasteiger partial charge in [0.15, 0.2) is 34.4 Å². The van der Waals surface area contributed by atoms with Gasteiger partial charge in [0.1, 0.15) is 12.2 Å². The SMILES string of the molecule is CC(=O)c1cc(Cn2nc(C(N)=O)c(-c3nc(C(=O)O)c(-c4ccccc4)o3)n2)on1. The summed E-state index contributed by atoms with van der Waals surface area (Å²) in [5.74, 6) is -2.50. The Kier molecular flexibility index (Phi) is 4.87. The standard InChI is InChI=1S/C19H14N6O6/c1-9(26)12-7-11(31-24-12)8-25-22-13(17(20)27)14(23-25)18-21-15(19(28)29)16(30-18)10-5-3-2-4-6-10/h2-7H,8H2,1H3,(H2,20,27)(H,28,29). The Morgan fingerprint density at radius 1 is 1.13 bits per heavy atom. The van der Waals surface area contributed by atoms with Crippen LogP contribution in [0.4, 0.5) is 0 Å². The second-order valence-corrected chi connectivity index (χ2v) is 6.39. The number of amides is 1. The first-order chi connectivity index (χ1) is 14.8. The molecule has 1 amide bonds.